The molecule has 1 aromatic heterocycles. The van der Waals surface area contributed by atoms with Crippen molar-refractivity contribution in [2.45, 2.75) is 51.5 Å². The van der Waals surface area contributed by atoms with Crippen LogP contribution in [0.1, 0.15) is 32.2 Å². The van der Waals surface area contributed by atoms with Gasteiger partial charge in [-0.25, -0.2) is 0 Å². The van der Waals surface area contributed by atoms with E-state index in [-0.39, 0.29) is 24.1 Å². The monoisotopic (exact) mass is 497 g/mol. The molecule has 186 valence electrons. The van der Waals surface area contributed by atoms with E-state index in [1.54, 1.807) is 38.3 Å². The molecule has 0 aliphatic rings. The molecule has 2 amide bonds. The van der Waals surface area contributed by atoms with Crippen molar-refractivity contribution < 1.29 is 19.1 Å². The second-order valence-electron chi connectivity index (χ2n) is 7.68. The Bertz CT molecular complexity index is 1120. The average Bonchev–Trinajstić information content (AvgIpc) is 3.28. The number of nitrogens with one attached hydrogen (secondary N) is 2. The van der Waals surface area contributed by atoms with Gasteiger partial charge in [0.1, 0.15) is 11.5 Å². The molecule has 0 aliphatic carbocycles. The lowest BCUT2D eigenvalue weighted by Gasteiger charge is -2.15. The molecule has 0 aliphatic heterocycles. The maximum absolute atomic E-state index is 12.5. The number of methoxy groups -OCH3 is 1. The predicted octanol–water partition coefficient (Wildman–Crippen LogP) is 3.68. The fraction of sp³-hybridized carbons (Fsp3) is 0.360. The fourth-order valence-electron chi connectivity index (χ4n) is 3.25. The van der Waals surface area contributed by atoms with Crippen molar-refractivity contribution in [3.8, 4) is 11.5 Å². The van der Waals surface area contributed by atoms with Crippen LogP contribution in [0.4, 0.5) is 5.69 Å². The number of aromatic nitrogens is 3. The number of anilines is 1. The van der Waals surface area contributed by atoms with Crippen LogP contribution in [0.15, 0.2) is 53.7 Å². The van der Waals surface area contributed by atoms with Gasteiger partial charge < -0.3 is 24.7 Å². The van der Waals surface area contributed by atoms with Gasteiger partial charge in [0, 0.05) is 12.2 Å². The average molecular weight is 498 g/mol. The molecule has 2 aromatic carbocycles. The molecule has 0 unspecified atom stereocenters. The van der Waals surface area contributed by atoms with Crippen molar-refractivity contribution in [3.63, 3.8) is 0 Å². The summed E-state index contributed by atoms with van der Waals surface area (Å²) in [7, 11) is 1.59. The Morgan fingerprint density at radius 1 is 1.03 bits per heavy atom. The van der Waals surface area contributed by atoms with E-state index >= 15 is 0 Å². The van der Waals surface area contributed by atoms with Gasteiger partial charge in [-0.2, -0.15) is 0 Å². The predicted molar refractivity (Wildman–Crippen MR) is 136 cm³/mol. The molecule has 0 saturated carbocycles. The molecule has 2 N–H and O–H groups in total. The normalized spacial score (nSPS) is 11.5. The standard InChI is InChI=1S/C25H31N5O4S/c1-5-18-7-11-21(12-8-18)34-17(3)24(32)26-15-22-28-29-25(30(22)6-2)35-16-23(31)27-19-9-13-20(33-4)14-10-19/h7-14,17H,5-6,15-16H2,1-4H3,(H,26,32)(H,27,31)/t17-/m1/s1. The molecule has 3 aromatic rings. The largest absolute Gasteiger partial charge is 0.497 e. The van der Waals surface area contributed by atoms with Gasteiger partial charge in [0.05, 0.1) is 19.4 Å². The Labute approximate surface area is 209 Å². The molecule has 35 heavy (non-hydrogen) atoms. The molecular formula is C25H31N5O4S. The van der Waals surface area contributed by atoms with E-state index in [0.717, 1.165) is 12.2 Å². The lowest BCUT2D eigenvalue weighted by Crippen LogP contribution is -2.36. The number of nitrogens with zero attached hydrogens (tertiary/aromatic N) is 3. The van der Waals surface area contributed by atoms with E-state index in [1.165, 1.54) is 17.3 Å². The lowest BCUT2D eigenvalue weighted by atomic mass is 10.2. The number of thioether (sulfide) groups is 1. The van der Waals surface area contributed by atoms with Crippen LogP contribution in [0.25, 0.3) is 0 Å². The zero-order valence-electron chi connectivity index (χ0n) is 20.4. The Morgan fingerprint density at radius 3 is 2.34 bits per heavy atom. The van der Waals surface area contributed by atoms with Gasteiger partial charge in [-0.3, -0.25) is 9.59 Å². The highest BCUT2D eigenvalue weighted by atomic mass is 32.2. The minimum absolute atomic E-state index is 0.154. The van der Waals surface area contributed by atoms with Crippen molar-refractivity contribution in [1.82, 2.24) is 20.1 Å². The molecule has 1 heterocycles. The number of carbonyl (C=O) groups excluding carboxylic acids is 2. The van der Waals surface area contributed by atoms with Crippen LogP contribution in [0.2, 0.25) is 0 Å². The number of carbonyl (C=O) groups is 2. The van der Waals surface area contributed by atoms with Crippen molar-refractivity contribution >= 4 is 29.3 Å². The third kappa shape index (κ3) is 7.48. The number of ether oxygens (including phenoxy) is 2. The second kappa shape index (κ2) is 12.8. The molecule has 0 spiro atoms. The molecule has 0 radical (unpaired) electrons. The number of hydrogen-bond acceptors (Lipinski definition) is 7. The number of hydrogen-bond donors (Lipinski definition) is 2. The smallest absolute Gasteiger partial charge is 0.261 e. The van der Waals surface area contributed by atoms with Gasteiger partial charge in [0.25, 0.3) is 5.91 Å². The summed E-state index contributed by atoms with van der Waals surface area (Å²) < 4.78 is 12.7. The summed E-state index contributed by atoms with van der Waals surface area (Å²) in [6, 6.07) is 14.8. The summed E-state index contributed by atoms with van der Waals surface area (Å²) in [6.45, 7) is 6.57. The third-order valence-electron chi connectivity index (χ3n) is 5.25. The van der Waals surface area contributed by atoms with Gasteiger partial charge in [-0.05, 0) is 62.2 Å². The van der Waals surface area contributed by atoms with E-state index in [0.29, 0.717) is 29.0 Å². The van der Waals surface area contributed by atoms with Gasteiger partial charge in [0.15, 0.2) is 17.1 Å². The maximum Gasteiger partial charge on any atom is 0.261 e. The van der Waals surface area contributed by atoms with E-state index in [4.69, 9.17) is 9.47 Å². The Balaban J connectivity index is 1.49. The van der Waals surface area contributed by atoms with Gasteiger partial charge >= 0.3 is 0 Å². The van der Waals surface area contributed by atoms with Crippen LogP contribution in [0, 0.1) is 0 Å². The first-order valence-electron chi connectivity index (χ1n) is 11.5. The zero-order valence-corrected chi connectivity index (χ0v) is 21.2. The minimum atomic E-state index is -0.657. The molecular weight excluding hydrogens is 466 g/mol. The number of rotatable bonds is 12. The summed E-state index contributed by atoms with van der Waals surface area (Å²) in [5.74, 6) is 1.76. The second-order valence-corrected chi connectivity index (χ2v) is 8.63. The number of amides is 2. The summed E-state index contributed by atoms with van der Waals surface area (Å²) in [4.78, 5) is 24.9. The van der Waals surface area contributed by atoms with E-state index < -0.39 is 6.10 Å². The highest BCUT2D eigenvalue weighted by Gasteiger charge is 2.18. The van der Waals surface area contributed by atoms with Gasteiger partial charge in [-0.15, -0.1) is 10.2 Å². The number of aryl methyl sites for hydroxylation is 1. The summed E-state index contributed by atoms with van der Waals surface area (Å²) in [5, 5.41) is 14.7. The highest BCUT2D eigenvalue weighted by molar-refractivity contribution is 7.99. The van der Waals surface area contributed by atoms with Crippen molar-refractivity contribution in [3.05, 3.63) is 59.9 Å². The van der Waals surface area contributed by atoms with Crippen molar-refractivity contribution in [2.24, 2.45) is 0 Å². The first-order valence-corrected chi connectivity index (χ1v) is 12.4. The molecule has 0 fully saturated rings. The molecule has 0 saturated heterocycles. The summed E-state index contributed by atoms with van der Waals surface area (Å²) >= 11 is 1.29. The molecule has 3 rings (SSSR count). The van der Waals surface area contributed by atoms with E-state index in [9.17, 15) is 9.59 Å². The van der Waals surface area contributed by atoms with Crippen LogP contribution in [0.5, 0.6) is 11.5 Å². The minimum Gasteiger partial charge on any atom is -0.497 e. The summed E-state index contributed by atoms with van der Waals surface area (Å²) in [6.07, 6.45) is 0.290. The molecule has 0 bridgehead atoms. The maximum atomic E-state index is 12.5. The van der Waals surface area contributed by atoms with Crippen molar-refractivity contribution in [1.29, 1.82) is 0 Å². The first kappa shape index (κ1) is 26.1. The zero-order chi connectivity index (χ0) is 25.2. The van der Waals surface area contributed by atoms with Crippen LogP contribution in [0.3, 0.4) is 0 Å². The van der Waals surface area contributed by atoms with Gasteiger partial charge in [0.2, 0.25) is 5.91 Å². The molecule has 10 heteroatoms. The Morgan fingerprint density at radius 2 is 1.71 bits per heavy atom. The fourth-order valence-corrected chi connectivity index (χ4v) is 4.07. The lowest BCUT2D eigenvalue weighted by molar-refractivity contribution is -0.127. The van der Waals surface area contributed by atoms with E-state index in [1.807, 2.05) is 35.8 Å². The SMILES string of the molecule is CCc1ccc(O[C@H](C)C(=O)NCc2nnc(SCC(=O)Nc3ccc(OC)cc3)n2CC)cc1. The van der Waals surface area contributed by atoms with Crippen molar-refractivity contribution in [2.75, 3.05) is 18.2 Å². The first-order chi connectivity index (χ1) is 16.9. The summed E-state index contributed by atoms with van der Waals surface area (Å²) in [5.41, 5.74) is 1.90. The van der Waals surface area contributed by atoms with E-state index in [2.05, 4.69) is 27.8 Å². The van der Waals surface area contributed by atoms with Gasteiger partial charge in [-0.1, -0.05) is 30.8 Å². The quantitative estimate of drug-likeness (QED) is 0.368. The topological polar surface area (TPSA) is 107 Å². The number of benzene rings is 2. The highest BCUT2D eigenvalue weighted by Crippen LogP contribution is 2.19. The van der Waals surface area contributed by atoms with Crippen LogP contribution >= 0.6 is 11.8 Å². The van der Waals surface area contributed by atoms with Crippen LogP contribution in [-0.4, -0.2) is 45.5 Å². The Hall–Kier alpha value is -3.53. The third-order valence-corrected chi connectivity index (χ3v) is 6.22. The Kier molecular flexibility index (Phi) is 9.54. The van der Waals surface area contributed by atoms with Crippen LogP contribution in [-0.2, 0) is 29.1 Å². The molecule has 1 atom stereocenters. The molecule has 9 nitrogen and oxygen atoms in total. The van der Waals surface area contributed by atoms with Crippen LogP contribution < -0.4 is 20.1 Å².